The largest absolute Gasteiger partial charge is 0.469 e. The van der Waals surface area contributed by atoms with Gasteiger partial charge in [0.05, 0.1) is 18.0 Å². The maximum Gasteiger partial charge on any atom is 0.309 e. The summed E-state index contributed by atoms with van der Waals surface area (Å²) in [5.41, 5.74) is -0.218. The summed E-state index contributed by atoms with van der Waals surface area (Å²) in [6.07, 6.45) is 0. The molecule has 1 aromatic carbocycles. The molecule has 0 bridgehead atoms. The van der Waals surface area contributed by atoms with Crippen molar-refractivity contribution in [3.8, 4) is 0 Å². The quantitative estimate of drug-likeness (QED) is 0.442. The van der Waals surface area contributed by atoms with Crippen molar-refractivity contribution in [2.75, 3.05) is 20.7 Å². The predicted molar refractivity (Wildman–Crippen MR) is 78.8 cm³/mol. The second kappa shape index (κ2) is 6.84. The standard InChI is InChI=1S/C13H18N2O6S/c1-9-6-5-7-11(15(17)18)12(9)22(19,20)14(3)8-10(2)13(16)21-4/h5-7,10H,8H2,1-4H3/t10-/m0/s1. The van der Waals surface area contributed by atoms with E-state index in [1.165, 1.54) is 40.1 Å². The molecule has 0 spiro atoms. The highest BCUT2D eigenvalue weighted by molar-refractivity contribution is 7.89. The number of aryl methyl sites for hydroxylation is 1. The molecule has 0 aromatic heterocycles. The van der Waals surface area contributed by atoms with Crippen LogP contribution in [-0.2, 0) is 19.6 Å². The molecule has 22 heavy (non-hydrogen) atoms. The Hall–Kier alpha value is -2.00. The van der Waals surface area contributed by atoms with Crippen LogP contribution >= 0.6 is 0 Å². The van der Waals surface area contributed by atoms with Gasteiger partial charge in [0.25, 0.3) is 5.69 Å². The number of carbonyl (C=O) groups excluding carboxylic acids is 1. The van der Waals surface area contributed by atoms with Gasteiger partial charge in [-0.3, -0.25) is 14.9 Å². The molecule has 9 heteroatoms. The van der Waals surface area contributed by atoms with Crippen LogP contribution < -0.4 is 0 Å². The van der Waals surface area contributed by atoms with Crippen LogP contribution in [0.5, 0.6) is 0 Å². The van der Waals surface area contributed by atoms with Gasteiger partial charge in [0.1, 0.15) is 0 Å². The summed E-state index contributed by atoms with van der Waals surface area (Å²) in [5, 5.41) is 11.1. The van der Waals surface area contributed by atoms with Gasteiger partial charge in [-0.1, -0.05) is 19.1 Å². The van der Waals surface area contributed by atoms with Crippen molar-refractivity contribution < 1.29 is 22.9 Å². The lowest BCUT2D eigenvalue weighted by Gasteiger charge is -2.20. The van der Waals surface area contributed by atoms with E-state index in [9.17, 15) is 23.3 Å². The van der Waals surface area contributed by atoms with Gasteiger partial charge in [-0.05, 0) is 12.5 Å². The number of rotatable bonds is 6. The lowest BCUT2D eigenvalue weighted by molar-refractivity contribution is -0.387. The molecule has 1 atom stereocenters. The third-order valence-corrected chi connectivity index (χ3v) is 5.21. The lowest BCUT2D eigenvalue weighted by atomic mass is 10.2. The van der Waals surface area contributed by atoms with Gasteiger partial charge in [0, 0.05) is 19.7 Å². The van der Waals surface area contributed by atoms with E-state index in [0.717, 1.165) is 10.4 Å². The number of ether oxygens (including phenoxy) is 1. The Morgan fingerprint density at radius 3 is 2.55 bits per heavy atom. The zero-order valence-electron chi connectivity index (χ0n) is 12.8. The van der Waals surface area contributed by atoms with Crippen molar-refractivity contribution in [1.29, 1.82) is 0 Å². The average molecular weight is 330 g/mol. The number of carbonyl (C=O) groups is 1. The zero-order chi connectivity index (χ0) is 17.1. The Morgan fingerprint density at radius 2 is 2.05 bits per heavy atom. The first-order valence-electron chi connectivity index (χ1n) is 6.41. The number of nitro benzene ring substituents is 1. The number of benzene rings is 1. The molecule has 1 rings (SSSR count). The summed E-state index contributed by atoms with van der Waals surface area (Å²) >= 11 is 0. The van der Waals surface area contributed by atoms with Crippen LogP contribution in [0.3, 0.4) is 0 Å². The van der Waals surface area contributed by atoms with E-state index in [1.807, 2.05) is 0 Å². The van der Waals surface area contributed by atoms with E-state index in [-0.39, 0.29) is 17.0 Å². The zero-order valence-corrected chi connectivity index (χ0v) is 13.6. The molecule has 0 radical (unpaired) electrons. The smallest absolute Gasteiger partial charge is 0.309 e. The molecule has 0 amide bonds. The maximum absolute atomic E-state index is 12.6. The van der Waals surface area contributed by atoms with Crippen LogP contribution in [0.1, 0.15) is 12.5 Å². The van der Waals surface area contributed by atoms with Crippen LogP contribution in [0.15, 0.2) is 23.1 Å². The SMILES string of the molecule is COC(=O)[C@@H](C)CN(C)S(=O)(=O)c1c(C)cccc1[N+](=O)[O-]. The van der Waals surface area contributed by atoms with E-state index in [2.05, 4.69) is 4.74 Å². The highest BCUT2D eigenvalue weighted by Crippen LogP contribution is 2.29. The van der Waals surface area contributed by atoms with Crippen molar-refractivity contribution in [2.45, 2.75) is 18.7 Å². The van der Waals surface area contributed by atoms with Crippen LogP contribution in [0, 0.1) is 23.0 Å². The Morgan fingerprint density at radius 1 is 1.45 bits per heavy atom. The molecule has 8 nitrogen and oxygen atoms in total. The van der Waals surface area contributed by atoms with E-state index >= 15 is 0 Å². The summed E-state index contributed by atoms with van der Waals surface area (Å²) in [7, 11) is -1.62. The first-order valence-corrected chi connectivity index (χ1v) is 7.85. The van der Waals surface area contributed by atoms with E-state index in [4.69, 9.17) is 0 Å². The van der Waals surface area contributed by atoms with Crippen molar-refractivity contribution in [3.05, 3.63) is 33.9 Å². The first kappa shape index (κ1) is 18.1. The average Bonchev–Trinajstić information content (AvgIpc) is 2.45. The molecule has 0 saturated carbocycles. The Labute approximate surface area is 128 Å². The third kappa shape index (κ3) is 3.60. The van der Waals surface area contributed by atoms with Crippen LogP contribution in [0.25, 0.3) is 0 Å². The van der Waals surface area contributed by atoms with Gasteiger partial charge in [0.2, 0.25) is 10.0 Å². The van der Waals surface area contributed by atoms with Gasteiger partial charge in [0.15, 0.2) is 4.90 Å². The van der Waals surface area contributed by atoms with E-state index in [1.54, 1.807) is 0 Å². The van der Waals surface area contributed by atoms with Crippen LogP contribution in [0.4, 0.5) is 5.69 Å². The molecular weight excluding hydrogens is 312 g/mol. The number of hydrogen-bond acceptors (Lipinski definition) is 6. The molecular formula is C13H18N2O6S. The molecule has 0 aliphatic rings. The minimum atomic E-state index is -4.10. The fourth-order valence-electron chi connectivity index (χ4n) is 2.03. The number of nitrogens with zero attached hydrogens (tertiary/aromatic N) is 2. The summed E-state index contributed by atoms with van der Waals surface area (Å²) in [5.74, 6) is -1.24. The number of methoxy groups -OCH3 is 1. The van der Waals surface area contributed by atoms with Gasteiger partial charge in [-0.2, -0.15) is 4.31 Å². The van der Waals surface area contributed by atoms with Crippen molar-refractivity contribution >= 4 is 21.7 Å². The Kier molecular flexibility index (Phi) is 5.61. The van der Waals surface area contributed by atoms with Crippen molar-refractivity contribution in [3.63, 3.8) is 0 Å². The van der Waals surface area contributed by atoms with E-state index in [0.29, 0.717) is 0 Å². The molecule has 122 valence electrons. The molecule has 0 aliphatic carbocycles. The number of hydrogen-bond donors (Lipinski definition) is 0. The molecule has 0 heterocycles. The first-order chi connectivity index (χ1) is 10.1. The monoisotopic (exact) mass is 330 g/mol. The van der Waals surface area contributed by atoms with Crippen LogP contribution in [0.2, 0.25) is 0 Å². The molecule has 0 N–H and O–H groups in total. The third-order valence-electron chi connectivity index (χ3n) is 3.19. The fourth-order valence-corrected chi connectivity index (χ4v) is 3.65. The lowest BCUT2D eigenvalue weighted by Crippen LogP contribution is -2.34. The van der Waals surface area contributed by atoms with Crippen molar-refractivity contribution in [2.24, 2.45) is 5.92 Å². The maximum atomic E-state index is 12.6. The van der Waals surface area contributed by atoms with Crippen LogP contribution in [-0.4, -0.2) is 44.3 Å². The minimum Gasteiger partial charge on any atom is -0.469 e. The fraction of sp³-hybridized carbons (Fsp3) is 0.462. The molecule has 0 fully saturated rings. The molecule has 0 aliphatic heterocycles. The van der Waals surface area contributed by atoms with E-state index < -0.39 is 32.5 Å². The predicted octanol–water partition coefficient (Wildman–Crippen LogP) is 1.33. The summed E-state index contributed by atoms with van der Waals surface area (Å²) < 4.78 is 30.7. The summed E-state index contributed by atoms with van der Waals surface area (Å²) in [6, 6.07) is 4.04. The Bertz CT molecular complexity index is 686. The topological polar surface area (TPSA) is 107 Å². The van der Waals surface area contributed by atoms with Gasteiger partial charge >= 0.3 is 5.97 Å². The minimum absolute atomic E-state index is 0.138. The summed E-state index contributed by atoms with van der Waals surface area (Å²) in [4.78, 5) is 21.4. The Balaban J connectivity index is 3.25. The second-order valence-electron chi connectivity index (χ2n) is 4.89. The molecule has 0 unspecified atom stereocenters. The molecule has 1 aromatic rings. The number of sulfonamides is 1. The van der Waals surface area contributed by atoms with Gasteiger partial charge in [-0.15, -0.1) is 0 Å². The normalized spacial score (nSPS) is 13.0. The number of esters is 1. The van der Waals surface area contributed by atoms with Crippen molar-refractivity contribution in [1.82, 2.24) is 4.31 Å². The highest BCUT2D eigenvalue weighted by atomic mass is 32.2. The summed E-state index contributed by atoms with van der Waals surface area (Å²) in [6.45, 7) is 2.86. The molecule has 0 saturated heterocycles. The van der Waals surface area contributed by atoms with Gasteiger partial charge < -0.3 is 4.74 Å². The number of nitro groups is 1. The highest BCUT2D eigenvalue weighted by Gasteiger charge is 2.32. The second-order valence-corrected chi connectivity index (χ2v) is 6.87. The van der Waals surface area contributed by atoms with Gasteiger partial charge in [-0.25, -0.2) is 8.42 Å².